The van der Waals surface area contributed by atoms with E-state index in [1.807, 2.05) is 46.7 Å². The Bertz CT molecular complexity index is 869. The van der Waals surface area contributed by atoms with Gasteiger partial charge in [-0.3, -0.25) is 9.59 Å². The fourth-order valence-electron chi connectivity index (χ4n) is 3.88. The molecule has 0 unspecified atom stereocenters. The number of carbonyl (C=O) groups excluding carboxylic acids is 2. The lowest BCUT2D eigenvalue weighted by Crippen LogP contribution is -2.45. The van der Waals surface area contributed by atoms with E-state index in [0.29, 0.717) is 32.4 Å². The van der Waals surface area contributed by atoms with Crippen molar-refractivity contribution in [1.82, 2.24) is 10.2 Å². The normalized spacial score (nSPS) is 12.7. The Morgan fingerprint density at radius 1 is 1.11 bits per heavy atom. The Morgan fingerprint density at radius 3 is 2.54 bits per heavy atom. The van der Waals surface area contributed by atoms with Crippen LogP contribution in [0.3, 0.4) is 0 Å². The van der Waals surface area contributed by atoms with Gasteiger partial charge in [-0.05, 0) is 48.4 Å². The Balaban J connectivity index is 1.88. The zero-order chi connectivity index (χ0) is 25.5. The number of hydrogen-bond donors (Lipinski definition) is 2. The number of amides is 1. The molecule has 0 aliphatic rings. The van der Waals surface area contributed by atoms with E-state index < -0.39 is 6.10 Å². The third-order valence-corrected chi connectivity index (χ3v) is 6.60. The van der Waals surface area contributed by atoms with E-state index in [1.165, 1.54) is 0 Å². The topological polar surface area (TPSA) is 93.9 Å². The predicted octanol–water partition coefficient (Wildman–Crippen LogP) is 4.15. The zero-order valence-electron chi connectivity index (χ0n) is 21.3. The second kappa shape index (κ2) is 16.3. The molecule has 35 heavy (non-hydrogen) atoms. The van der Waals surface area contributed by atoms with Gasteiger partial charge in [-0.15, -0.1) is 11.3 Å². The summed E-state index contributed by atoms with van der Waals surface area (Å²) in [6.45, 7) is 6.70. The van der Waals surface area contributed by atoms with Gasteiger partial charge in [0.25, 0.3) is 0 Å². The minimum absolute atomic E-state index is 0.104. The van der Waals surface area contributed by atoms with Crippen LogP contribution in [0.5, 0.6) is 5.75 Å². The van der Waals surface area contributed by atoms with Gasteiger partial charge in [-0.25, -0.2) is 0 Å². The van der Waals surface area contributed by atoms with Crippen LogP contribution in [0, 0.1) is 0 Å². The first kappa shape index (κ1) is 28.8. The molecule has 0 saturated heterocycles. The van der Waals surface area contributed by atoms with Gasteiger partial charge in [-0.1, -0.05) is 32.0 Å². The summed E-state index contributed by atoms with van der Waals surface area (Å²) >= 11 is 1.64. The maximum atomic E-state index is 12.6. The van der Waals surface area contributed by atoms with Crippen molar-refractivity contribution in [1.29, 1.82) is 0 Å². The number of carbonyl (C=O) groups is 2. The number of methoxy groups -OCH3 is 1. The number of esters is 1. The van der Waals surface area contributed by atoms with E-state index >= 15 is 0 Å². The molecular formula is C27H41N3O4S. The number of rotatable bonds is 17. The Labute approximate surface area is 214 Å². The highest BCUT2D eigenvalue weighted by Gasteiger charge is 2.23. The average Bonchev–Trinajstić information content (AvgIpc) is 3.36. The second-order valence-electron chi connectivity index (χ2n) is 8.69. The highest BCUT2D eigenvalue weighted by molar-refractivity contribution is 7.09. The van der Waals surface area contributed by atoms with Crippen LogP contribution < -0.4 is 15.8 Å². The number of nitrogens with zero attached hydrogens (tertiary/aromatic N) is 1. The minimum atomic E-state index is -0.470. The maximum absolute atomic E-state index is 12.6. The van der Waals surface area contributed by atoms with Crippen molar-refractivity contribution >= 4 is 23.2 Å². The van der Waals surface area contributed by atoms with Crippen molar-refractivity contribution < 1.29 is 19.1 Å². The van der Waals surface area contributed by atoms with Crippen LogP contribution >= 0.6 is 11.3 Å². The molecule has 0 spiro atoms. The second-order valence-corrected chi connectivity index (χ2v) is 9.72. The van der Waals surface area contributed by atoms with E-state index in [4.69, 9.17) is 15.2 Å². The van der Waals surface area contributed by atoms with Crippen LogP contribution in [0.2, 0.25) is 0 Å². The van der Waals surface area contributed by atoms with Crippen molar-refractivity contribution in [2.45, 2.75) is 71.1 Å². The quantitative estimate of drug-likeness (QED) is 0.315. The summed E-state index contributed by atoms with van der Waals surface area (Å²) in [5.41, 5.74) is 7.55. The third kappa shape index (κ3) is 10.8. The van der Waals surface area contributed by atoms with Crippen LogP contribution in [0.25, 0.3) is 0 Å². The third-order valence-electron chi connectivity index (χ3n) is 5.70. The summed E-state index contributed by atoms with van der Waals surface area (Å²) in [4.78, 5) is 28.1. The molecule has 2 atom stereocenters. The molecule has 1 heterocycles. The first-order chi connectivity index (χ1) is 17.0. The van der Waals surface area contributed by atoms with E-state index in [-0.39, 0.29) is 24.3 Å². The van der Waals surface area contributed by atoms with E-state index in [1.54, 1.807) is 18.4 Å². The summed E-state index contributed by atoms with van der Waals surface area (Å²) in [7, 11) is 1.64. The van der Waals surface area contributed by atoms with Gasteiger partial charge in [0.1, 0.15) is 11.9 Å². The fourth-order valence-corrected chi connectivity index (χ4v) is 4.66. The lowest BCUT2D eigenvalue weighted by Gasteiger charge is -2.25. The summed E-state index contributed by atoms with van der Waals surface area (Å²) in [5.74, 6) is 0.588. The molecule has 2 rings (SSSR count). The maximum Gasteiger partial charge on any atom is 0.306 e. The van der Waals surface area contributed by atoms with Crippen LogP contribution in [-0.2, 0) is 27.3 Å². The number of ether oxygens (including phenoxy) is 2. The first-order valence-corrected chi connectivity index (χ1v) is 13.4. The van der Waals surface area contributed by atoms with Gasteiger partial charge in [0.15, 0.2) is 0 Å². The molecule has 0 saturated carbocycles. The number of nitrogens with one attached hydrogen (secondary N) is 1. The Morgan fingerprint density at radius 2 is 1.89 bits per heavy atom. The van der Waals surface area contributed by atoms with Crippen molar-refractivity contribution in [2.75, 3.05) is 26.7 Å². The Kier molecular flexibility index (Phi) is 13.4. The molecule has 3 N–H and O–H groups in total. The minimum Gasteiger partial charge on any atom is -0.497 e. The molecule has 0 aliphatic carbocycles. The molecule has 1 amide bonds. The molecule has 0 aliphatic heterocycles. The highest BCUT2D eigenvalue weighted by atomic mass is 32.1. The lowest BCUT2D eigenvalue weighted by molar-refractivity contribution is -0.150. The van der Waals surface area contributed by atoms with Crippen LogP contribution in [0.4, 0.5) is 0 Å². The van der Waals surface area contributed by atoms with E-state index in [0.717, 1.165) is 42.1 Å². The molecule has 1 aromatic heterocycles. The smallest absolute Gasteiger partial charge is 0.306 e. The zero-order valence-corrected chi connectivity index (χ0v) is 22.1. The van der Waals surface area contributed by atoms with Gasteiger partial charge in [0.05, 0.1) is 7.11 Å². The SMILES string of the molecule is CCCN(CCC)C(=O)CCCC(=O)O[C@H](CNCc1cccc(OC)c1)[C@H](N)Cc1cccs1. The molecular weight excluding hydrogens is 462 g/mol. The number of hydrogen-bond acceptors (Lipinski definition) is 7. The molecule has 2 aromatic rings. The number of nitrogens with two attached hydrogens (primary N) is 1. The van der Waals surface area contributed by atoms with Gasteiger partial charge < -0.3 is 25.4 Å². The molecule has 194 valence electrons. The van der Waals surface area contributed by atoms with Crippen LogP contribution in [-0.4, -0.2) is 55.7 Å². The standard InChI is InChI=1S/C27H41N3O4S/c1-4-14-30(15-5-2)26(31)12-7-13-27(32)34-25(24(28)18-23-11-8-16-35-23)20-29-19-21-9-6-10-22(17-21)33-3/h6,8-11,16-17,24-25,29H,4-5,7,12-15,18-20,28H2,1-3H3/t24-,25-/m1/s1. The summed E-state index contributed by atoms with van der Waals surface area (Å²) in [6, 6.07) is 11.5. The summed E-state index contributed by atoms with van der Waals surface area (Å²) in [5, 5.41) is 5.38. The molecule has 0 bridgehead atoms. The molecule has 1 aromatic carbocycles. The lowest BCUT2D eigenvalue weighted by atomic mass is 10.1. The highest BCUT2D eigenvalue weighted by Crippen LogP contribution is 2.15. The number of thiophene rings is 1. The monoisotopic (exact) mass is 503 g/mol. The van der Waals surface area contributed by atoms with Crippen LogP contribution in [0.15, 0.2) is 41.8 Å². The first-order valence-electron chi connectivity index (χ1n) is 12.6. The van der Waals surface area contributed by atoms with Crippen molar-refractivity contribution in [3.05, 3.63) is 52.2 Å². The molecule has 0 radical (unpaired) electrons. The Hall–Kier alpha value is -2.42. The predicted molar refractivity (Wildman–Crippen MR) is 142 cm³/mol. The van der Waals surface area contributed by atoms with Gasteiger partial charge >= 0.3 is 5.97 Å². The van der Waals surface area contributed by atoms with Gasteiger partial charge in [0, 0.05) is 56.4 Å². The molecule has 8 heteroatoms. The summed E-state index contributed by atoms with van der Waals surface area (Å²) in [6.07, 6.45) is 3.07. The average molecular weight is 504 g/mol. The number of benzene rings is 1. The fraction of sp³-hybridized carbons (Fsp3) is 0.556. The summed E-state index contributed by atoms with van der Waals surface area (Å²) < 4.78 is 11.1. The molecule has 7 nitrogen and oxygen atoms in total. The van der Waals surface area contributed by atoms with E-state index in [9.17, 15) is 9.59 Å². The van der Waals surface area contributed by atoms with Gasteiger partial charge in [-0.2, -0.15) is 0 Å². The van der Waals surface area contributed by atoms with Crippen LogP contribution in [0.1, 0.15) is 56.4 Å². The largest absolute Gasteiger partial charge is 0.497 e. The van der Waals surface area contributed by atoms with E-state index in [2.05, 4.69) is 19.2 Å². The van der Waals surface area contributed by atoms with Crippen molar-refractivity contribution in [3.63, 3.8) is 0 Å². The van der Waals surface area contributed by atoms with Crippen molar-refractivity contribution in [2.24, 2.45) is 5.73 Å². The molecule has 0 fully saturated rings. The van der Waals surface area contributed by atoms with Gasteiger partial charge in [0.2, 0.25) is 5.91 Å². The van der Waals surface area contributed by atoms with Crippen molar-refractivity contribution in [3.8, 4) is 5.75 Å².